The van der Waals surface area contributed by atoms with Crippen LogP contribution in [0.4, 0.5) is 11.5 Å². The molecule has 0 bridgehead atoms. The molecule has 158 valence electrons. The van der Waals surface area contributed by atoms with Crippen molar-refractivity contribution in [1.29, 1.82) is 0 Å². The molecule has 0 unspecified atom stereocenters. The average molecular weight is 410 g/mol. The molecule has 1 aliphatic rings. The minimum Gasteiger partial charge on any atom is -0.495 e. The third kappa shape index (κ3) is 4.00. The number of hydrogen-bond donors (Lipinski definition) is 1. The molecule has 1 N–H and O–H groups in total. The quantitative estimate of drug-likeness (QED) is 0.692. The van der Waals surface area contributed by atoms with Crippen LogP contribution in [0, 0.1) is 12.8 Å². The highest BCUT2D eigenvalue weighted by Crippen LogP contribution is 2.25. The topological polar surface area (TPSA) is 93.8 Å². The van der Waals surface area contributed by atoms with Crippen molar-refractivity contribution in [2.24, 2.45) is 5.92 Å². The van der Waals surface area contributed by atoms with Crippen LogP contribution in [0.3, 0.4) is 0 Å². The smallest absolute Gasteiger partial charge is 0.352 e. The average Bonchev–Trinajstić information content (AvgIpc) is 3.03. The maximum absolute atomic E-state index is 12.6. The zero-order chi connectivity index (χ0) is 21.3. The molecule has 3 heterocycles. The molecule has 1 fully saturated rings. The Hall–Kier alpha value is -3.36. The Morgan fingerprint density at radius 1 is 1.33 bits per heavy atom. The molecule has 1 amide bonds. The van der Waals surface area contributed by atoms with E-state index >= 15 is 0 Å². The fourth-order valence-corrected chi connectivity index (χ4v) is 3.82. The molecular formula is C21H26N6O3. The Bertz CT molecular complexity index is 1140. The predicted molar refractivity (Wildman–Crippen MR) is 114 cm³/mol. The summed E-state index contributed by atoms with van der Waals surface area (Å²) < 4.78 is 7.77. The van der Waals surface area contributed by atoms with E-state index in [0.717, 1.165) is 35.6 Å². The van der Waals surface area contributed by atoms with E-state index in [1.807, 2.05) is 25.1 Å². The second kappa shape index (κ2) is 8.17. The van der Waals surface area contributed by atoms with Crippen molar-refractivity contribution in [2.45, 2.75) is 33.2 Å². The summed E-state index contributed by atoms with van der Waals surface area (Å²) >= 11 is 0. The van der Waals surface area contributed by atoms with Crippen LogP contribution in [0.15, 0.2) is 35.3 Å². The highest BCUT2D eigenvalue weighted by atomic mass is 16.5. The van der Waals surface area contributed by atoms with E-state index in [-0.39, 0.29) is 18.2 Å². The number of carbonyl (C=O) groups excluding carboxylic acids is 1. The fourth-order valence-electron chi connectivity index (χ4n) is 3.82. The number of amides is 1. The van der Waals surface area contributed by atoms with Gasteiger partial charge in [-0.2, -0.15) is 4.98 Å². The number of piperidine rings is 1. The summed E-state index contributed by atoms with van der Waals surface area (Å²) in [5.41, 5.74) is 1.14. The number of benzene rings is 1. The third-order valence-corrected chi connectivity index (χ3v) is 5.34. The van der Waals surface area contributed by atoms with Crippen LogP contribution < -0.4 is 20.6 Å². The number of nitrogens with zero attached hydrogens (tertiary/aromatic N) is 5. The second-order valence-electron chi connectivity index (χ2n) is 7.84. The van der Waals surface area contributed by atoms with Gasteiger partial charge in [0, 0.05) is 19.3 Å². The number of hydrogen-bond acceptors (Lipinski definition) is 6. The molecule has 0 spiro atoms. The van der Waals surface area contributed by atoms with Gasteiger partial charge in [-0.15, -0.1) is 5.10 Å². The molecule has 1 aliphatic heterocycles. The van der Waals surface area contributed by atoms with Crippen LogP contribution in [0.1, 0.15) is 25.3 Å². The molecule has 1 saturated heterocycles. The second-order valence-corrected chi connectivity index (χ2v) is 7.84. The Labute approximate surface area is 174 Å². The predicted octanol–water partition coefficient (Wildman–Crippen LogP) is 2.08. The van der Waals surface area contributed by atoms with E-state index < -0.39 is 5.69 Å². The van der Waals surface area contributed by atoms with Gasteiger partial charge in [0.25, 0.3) is 5.78 Å². The van der Waals surface area contributed by atoms with Gasteiger partial charge in [0.2, 0.25) is 5.91 Å². The van der Waals surface area contributed by atoms with Gasteiger partial charge in [0.15, 0.2) is 0 Å². The number of rotatable bonds is 5. The highest BCUT2D eigenvalue weighted by molar-refractivity contribution is 5.92. The van der Waals surface area contributed by atoms with Crippen molar-refractivity contribution in [3.63, 3.8) is 0 Å². The number of nitrogens with one attached hydrogen (secondary N) is 1. The van der Waals surface area contributed by atoms with Crippen molar-refractivity contribution in [1.82, 2.24) is 19.2 Å². The van der Waals surface area contributed by atoms with Crippen LogP contribution >= 0.6 is 0 Å². The molecule has 0 radical (unpaired) electrons. The Balaban J connectivity index is 1.54. The summed E-state index contributed by atoms with van der Waals surface area (Å²) in [6.07, 6.45) is 4.01. The van der Waals surface area contributed by atoms with E-state index in [1.165, 1.54) is 10.8 Å². The molecule has 0 saturated carbocycles. The first-order valence-electron chi connectivity index (χ1n) is 10.1. The fraction of sp³-hybridized carbons (Fsp3) is 0.429. The molecule has 0 aliphatic carbocycles. The van der Waals surface area contributed by atoms with Gasteiger partial charge >= 0.3 is 5.69 Å². The number of methoxy groups -OCH3 is 1. The Morgan fingerprint density at radius 2 is 2.17 bits per heavy atom. The number of carbonyl (C=O) groups is 1. The SMILES string of the molecule is COc1ccc(C)cc1NC(=O)Cn1nc2nc(N3CCC[C@@H](C)C3)ccn2c1=O. The number of anilines is 2. The van der Waals surface area contributed by atoms with Crippen molar-refractivity contribution in [3.8, 4) is 5.75 Å². The Kier molecular flexibility index (Phi) is 5.43. The third-order valence-electron chi connectivity index (χ3n) is 5.34. The standard InChI is InChI=1S/C21H26N6O3/c1-14-6-7-17(30-3)16(11-14)22-19(28)13-27-21(29)26-10-8-18(23-20(26)24-27)25-9-4-5-15(2)12-25/h6-8,10-11,15H,4-5,9,12-13H2,1-3H3,(H,22,28)/t15-/m1/s1. The highest BCUT2D eigenvalue weighted by Gasteiger charge is 2.19. The minimum absolute atomic E-state index is 0.213. The van der Waals surface area contributed by atoms with Crippen LogP contribution in [-0.4, -0.2) is 45.3 Å². The van der Waals surface area contributed by atoms with E-state index in [4.69, 9.17) is 4.74 Å². The van der Waals surface area contributed by atoms with Crippen molar-refractivity contribution in [2.75, 3.05) is 30.4 Å². The van der Waals surface area contributed by atoms with Gasteiger partial charge in [0.05, 0.1) is 12.8 Å². The van der Waals surface area contributed by atoms with Crippen LogP contribution in [0.5, 0.6) is 5.75 Å². The van der Waals surface area contributed by atoms with Gasteiger partial charge < -0.3 is 15.0 Å². The van der Waals surface area contributed by atoms with Gasteiger partial charge in [-0.3, -0.25) is 4.79 Å². The van der Waals surface area contributed by atoms with Gasteiger partial charge in [0.1, 0.15) is 18.1 Å². The molecular weight excluding hydrogens is 384 g/mol. The summed E-state index contributed by atoms with van der Waals surface area (Å²) in [7, 11) is 1.54. The van der Waals surface area contributed by atoms with E-state index in [0.29, 0.717) is 17.4 Å². The van der Waals surface area contributed by atoms with Crippen LogP contribution in [0.2, 0.25) is 0 Å². The van der Waals surface area contributed by atoms with E-state index in [2.05, 4.69) is 27.2 Å². The largest absolute Gasteiger partial charge is 0.495 e. The number of ether oxygens (including phenoxy) is 1. The van der Waals surface area contributed by atoms with Crippen LogP contribution in [-0.2, 0) is 11.3 Å². The van der Waals surface area contributed by atoms with Crippen molar-refractivity contribution < 1.29 is 9.53 Å². The molecule has 1 aromatic carbocycles. The summed E-state index contributed by atoms with van der Waals surface area (Å²) in [4.78, 5) is 31.9. The monoisotopic (exact) mass is 410 g/mol. The molecule has 9 nitrogen and oxygen atoms in total. The molecule has 3 aromatic rings. The zero-order valence-electron chi connectivity index (χ0n) is 17.5. The first kappa shape index (κ1) is 19.9. The van der Waals surface area contributed by atoms with Gasteiger partial charge in [-0.25, -0.2) is 13.9 Å². The normalized spacial score (nSPS) is 16.6. The summed E-state index contributed by atoms with van der Waals surface area (Å²) in [6, 6.07) is 7.33. The van der Waals surface area contributed by atoms with Crippen molar-refractivity contribution >= 4 is 23.2 Å². The first-order chi connectivity index (χ1) is 14.4. The van der Waals surface area contributed by atoms with Gasteiger partial charge in [-0.05, 0) is 49.4 Å². The lowest BCUT2D eigenvalue weighted by molar-refractivity contribution is -0.117. The molecule has 30 heavy (non-hydrogen) atoms. The maximum atomic E-state index is 12.6. The van der Waals surface area contributed by atoms with Crippen molar-refractivity contribution in [3.05, 3.63) is 46.5 Å². The molecule has 2 aromatic heterocycles. The summed E-state index contributed by atoms with van der Waals surface area (Å²) in [6.45, 7) is 5.82. The molecule has 4 rings (SSSR count). The lowest BCUT2D eigenvalue weighted by Crippen LogP contribution is -2.35. The number of aryl methyl sites for hydroxylation is 1. The number of fused-ring (bicyclic) bond motifs is 1. The Morgan fingerprint density at radius 3 is 2.93 bits per heavy atom. The first-order valence-corrected chi connectivity index (χ1v) is 10.1. The lowest BCUT2D eigenvalue weighted by Gasteiger charge is -2.31. The maximum Gasteiger partial charge on any atom is 0.352 e. The summed E-state index contributed by atoms with van der Waals surface area (Å²) in [5.74, 6) is 1.89. The molecule has 9 heteroatoms. The lowest BCUT2D eigenvalue weighted by atomic mass is 10.0. The zero-order valence-corrected chi connectivity index (χ0v) is 17.5. The minimum atomic E-state index is -0.401. The van der Waals surface area contributed by atoms with E-state index in [9.17, 15) is 9.59 Å². The number of aromatic nitrogens is 4. The van der Waals surface area contributed by atoms with Gasteiger partial charge in [-0.1, -0.05) is 13.0 Å². The van der Waals surface area contributed by atoms with Crippen LogP contribution in [0.25, 0.3) is 5.78 Å². The van der Waals surface area contributed by atoms with E-state index in [1.54, 1.807) is 19.4 Å². The molecule has 1 atom stereocenters. The summed E-state index contributed by atoms with van der Waals surface area (Å²) in [5, 5.41) is 7.05.